The van der Waals surface area contributed by atoms with Gasteiger partial charge in [-0.15, -0.1) is 10.2 Å². The van der Waals surface area contributed by atoms with Gasteiger partial charge >= 0.3 is 0 Å². The first-order valence-corrected chi connectivity index (χ1v) is 11.8. The number of rotatable bonds is 6. The minimum atomic E-state index is -0.0869. The van der Waals surface area contributed by atoms with Crippen molar-refractivity contribution in [2.75, 3.05) is 0 Å². The van der Waals surface area contributed by atoms with Crippen LogP contribution in [0.2, 0.25) is 0 Å². The number of oxazole rings is 1. The minimum Gasteiger partial charge on any atom is -0.440 e. The number of nitrogens with zero attached hydrogens (tertiary/aromatic N) is 5. The van der Waals surface area contributed by atoms with Crippen molar-refractivity contribution in [2.45, 2.75) is 17.5 Å². The second kappa shape index (κ2) is 8.64. The van der Waals surface area contributed by atoms with Crippen LogP contribution < -0.4 is 5.56 Å². The first-order valence-electron chi connectivity index (χ1n) is 10.8. The fourth-order valence-electron chi connectivity index (χ4n) is 3.97. The highest BCUT2D eigenvalue weighted by Crippen LogP contribution is 2.27. The van der Waals surface area contributed by atoms with Gasteiger partial charge in [-0.2, -0.15) is 0 Å². The third-order valence-corrected chi connectivity index (χ3v) is 6.51. The van der Waals surface area contributed by atoms with Crippen LogP contribution in [0, 0.1) is 0 Å². The van der Waals surface area contributed by atoms with Crippen molar-refractivity contribution in [3.63, 3.8) is 0 Å². The summed E-state index contributed by atoms with van der Waals surface area (Å²) < 4.78 is 9.55. The second-order valence-corrected chi connectivity index (χ2v) is 8.73. The Morgan fingerprint density at radius 3 is 2.41 bits per heavy atom. The maximum atomic E-state index is 13.3. The summed E-state index contributed by atoms with van der Waals surface area (Å²) in [7, 11) is 0. The lowest BCUT2D eigenvalue weighted by Gasteiger charge is -2.11. The van der Waals surface area contributed by atoms with Crippen LogP contribution in [-0.2, 0) is 12.3 Å². The Bertz CT molecular complexity index is 1660. The molecule has 34 heavy (non-hydrogen) atoms. The molecule has 8 heteroatoms. The summed E-state index contributed by atoms with van der Waals surface area (Å²) in [5.74, 6) is 2.32. The Morgan fingerprint density at radius 1 is 0.853 bits per heavy atom. The van der Waals surface area contributed by atoms with Crippen molar-refractivity contribution in [2.24, 2.45) is 0 Å². The summed E-state index contributed by atoms with van der Waals surface area (Å²) in [4.78, 5) is 17.7. The van der Waals surface area contributed by atoms with Crippen LogP contribution in [-0.4, -0.2) is 24.1 Å². The number of fused-ring (bicyclic) bond motifs is 3. The van der Waals surface area contributed by atoms with E-state index in [2.05, 4.69) is 15.2 Å². The molecule has 7 nitrogen and oxygen atoms in total. The lowest BCUT2D eigenvalue weighted by molar-refractivity contribution is 0.530. The highest BCUT2D eigenvalue weighted by atomic mass is 32.2. The SMILES string of the molecule is O=c1c2ccccc2n2c(SCc3ncc(-c4ccccc4)o3)nnc2n1Cc1ccccc1. The quantitative estimate of drug-likeness (QED) is 0.321. The molecule has 6 rings (SSSR count). The number of para-hydroxylation sites is 1. The monoisotopic (exact) mass is 465 g/mol. The molecule has 0 aliphatic rings. The lowest BCUT2D eigenvalue weighted by atomic mass is 10.2. The summed E-state index contributed by atoms with van der Waals surface area (Å²) in [6.07, 6.45) is 1.74. The summed E-state index contributed by atoms with van der Waals surface area (Å²) in [6.45, 7) is 0.414. The second-order valence-electron chi connectivity index (χ2n) is 7.78. The largest absolute Gasteiger partial charge is 0.440 e. The van der Waals surface area contributed by atoms with E-state index in [0.717, 1.165) is 22.4 Å². The number of hydrogen-bond acceptors (Lipinski definition) is 6. The molecule has 0 unspecified atom stereocenters. The smallest absolute Gasteiger partial charge is 0.263 e. The average molecular weight is 466 g/mol. The Morgan fingerprint density at radius 2 is 1.59 bits per heavy atom. The van der Waals surface area contributed by atoms with Crippen LogP contribution in [0.25, 0.3) is 28.0 Å². The Hall–Kier alpha value is -4.17. The minimum absolute atomic E-state index is 0.0869. The molecule has 3 heterocycles. The molecule has 3 aromatic heterocycles. The topological polar surface area (TPSA) is 78.2 Å². The van der Waals surface area contributed by atoms with Crippen LogP contribution in [0.1, 0.15) is 11.5 Å². The van der Waals surface area contributed by atoms with Crippen LogP contribution in [0.3, 0.4) is 0 Å². The van der Waals surface area contributed by atoms with Crippen LogP contribution in [0.15, 0.2) is 105 Å². The van der Waals surface area contributed by atoms with E-state index in [1.165, 1.54) is 11.8 Å². The molecule has 166 valence electrons. The van der Waals surface area contributed by atoms with Gasteiger partial charge in [-0.1, -0.05) is 84.6 Å². The van der Waals surface area contributed by atoms with Gasteiger partial charge in [-0.3, -0.25) is 13.8 Å². The molecule has 0 atom stereocenters. The standard InChI is InChI=1S/C26H19N5O2S/c32-24-20-13-7-8-14-21(20)31-25(30(24)16-18-9-3-1-4-10-18)28-29-26(31)34-17-23-27-15-22(33-23)19-11-5-2-6-12-19/h1-15H,16-17H2. The highest BCUT2D eigenvalue weighted by molar-refractivity contribution is 7.98. The van der Waals surface area contributed by atoms with E-state index in [9.17, 15) is 4.79 Å². The van der Waals surface area contributed by atoms with E-state index >= 15 is 0 Å². The first kappa shape index (κ1) is 20.4. The molecular weight excluding hydrogens is 446 g/mol. The molecule has 0 radical (unpaired) electrons. The molecule has 0 N–H and O–H groups in total. The molecule has 0 fully saturated rings. The van der Waals surface area contributed by atoms with Gasteiger partial charge in [0.05, 0.1) is 29.4 Å². The molecular formula is C26H19N5O2S. The predicted octanol–water partition coefficient (Wildman–Crippen LogP) is 5.04. The number of hydrogen-bond donors (Lipinski definition) is 0. The van der Waals surface area contributed by atoms with Crippen molar-refractivity contribution in [1.82, 2.24) is 24.1 Å². The van der Waals surface area contributed by atoms with Gasteiger partial charge in [0, 0.05) is 5.56 Å². The van der Waals surface area contributed by atoms with Crippen molar-refractivity contribution in [3.05, 3.63) is 113 Å². The van der Waals surface area contributed by atoms with Crippen LogP contribution >= 0.6 is 11.8 Å². The van der Waals surface area contributed by atoms with Gasteiger partial charge < -0.3 is 4.42 Å². The third kappa shape index (κ3) is 3.68. The molecule has 0 amide bonds. The summed E-state index contributed by atoms with van der Waals surface area (Å²) in [6, 6.07) is 27.3. The number of thioether (sulfide) groups is 1. The molecule has 0 aliphatic carbocycles. The summed E-state index contributed by atoms with van der Waals surface area (Å²) in [5.41, 5.74) is 2.69. The molecule has 6 aromatic rings. The van der Waals surface area contributed by atoms with E-state index in [0.29, 0.717) is 34.5 Å². The molecule has 0 bridgehead atoms. The van der Waals surface area contributed by atoms with E-state index in [1.807, 2.05) is 89.3 Å². The summed E-state index contributed by atoms with van der Waals surface area (Å²) >= 11 is 1.47. The van der Waals surface area contributed by atoms with E-state index < -0.39 is 0 Å². The van der Waals surface area contributed by atoms with Gasteiger partial charge in [-0.05, 0) is 17.7 Å². The fraction of sp³-hybridized carbons (Fsp3) is 0.0769. The Kier molecular flexibility index (Phi) is 5.20. The van der Waals surface area contributed by atoms with Gasteiger partial charge in [0.25, 0.3) is 5.56 Å². The first-order chi connectivity index (χ1) is 16.8. The molecule has 3 aromatic carbocycles. The van der Waals surface area contributed by atoms with Crippen LogP contribution in [0.5, 0.6) is 0 Å². The zero-order chi connectivity index (χ0) is 22.9. The zero-order valence-electron chi connectivity index (χ0n) is 18.0. The predicted molar refractivity (Wildman–Crippen MR) is 132 cm³/mol. The van der Waals surface area contributed by atoms with Crippen molar-refractivity contribution < 1.29 is 4.42 Å². The van der Waals surface area contributed by atoms with Crippen LogP contribution in [0.4, 0.5) is 0 Å². The zero-order valence-corrected chi connectivity index (χ0v) is 18.9. The highest BCUT2D eigenvalue weighted by Gasteiger charge is 2.18. The fourth-order valence-corrected chi connectivity index (χ4v) is 4.77. The van der Waals surface area contributed by atoms with Crippen molar-refractivity contribution >= 4 is 28.4 Å². The van der Waals surface area contributed by atoms with Gasteiger partial charge in [0.1, 0.15) is 0 Å². The number of benzene rings is 3. The van der Waals surface area contributed by atoms with Gasteiger partial charge in [-0.25, -0.2) is 4.98 Å². The van der Waals surface area contributed by atoms with Gasteiger partial charge in [0.15, 0.2) is 10.9 Å². The number of aromatic nitrogens is 5. The molecule has 0 saturated carbocycles. The van der Waals surface area contributed by atoms with Crippen molar-refractivity contribution in [1.29, 1.82) is 0 Å². The Labute approximate surface area is 198 Å². The molecule has 0 spiro atoms. The molecule has 0 saturated heterocycles. The lowest BCUT2D eigenvalue weighted by Crippen LogP contribution is -2.24. The average Bonchev–Trinajstić information content (AvgIpc) is 3.54. The van der Waals surface area contributed by atoms with Crippen molar-refractivity contribution in [3.8, 4) is 11.3 Å². The summed E-state index contributed by atoms with van der Waals surface area (Å²) in [5, 5.41) is 10.1. The maximum absolute atomic E-state index is 13.3. The van der Waals surface area contributed by atoms with E-state index in [1.54, 1.807) is 10.8 Å². The van der Waals surface area contributed by atoms with E-state index in [4.69, 9.17) is 4.42 Å². The third-order valence-electron chi connectivity index (χ3n) is 5.60. The Balaban J connectivity index is 1.38. The van der Waals surface area contributed by atoms with Gasteiger partial charge in [0.2, 0.25) is 11.7 Å². The van der Waals surface area contributed by atoms with E-state index in [-0.39, 0.29) is 5.56 Å². The normalized spacial score (nSPS) is 11.4. The molecule has 0 aliphatic heterocycles. The maximum Gasteiger partial charge on any atom is 0.263 e.